The van der Waals surface area contributed by atoms with Gasteiger partial charge in [0.1, 0.15) is 0 Å². The van der Waals surface area contributed by atoms with Gasteiger partial charge in [-0.15, -0.1) is 0 Å². The van der Waals surface area contributed by atoms with E-state index in [9.17, 15) is 14.0 Å². The Morgan fingerprint density at radius 3 is 2.44 bits per heavy atom. The zero-order valence-corrected chi connectivity index (χ0v) is 14.0. The summed E-state index contributed by atoms with van der Waals surface area (Å²) in [4.78, 5) is 28.9. The van der Waals surface area contributed by atoms with E-state index >= 15 is 0 Å². The van der Waals surface area contributed by atoms with Gasteiger partial charge in [0.2, 0.25) is 0 Å². The Hall–Kier alpha value is -2.71. The maximum atomic E-state index is 14.7. The number of rotatable bonds is 5. The van der Waals surface area contributed by atoms with E-state index in [2.05, 4.69) is 4.85 Å². The maximum absolute atomic E-state index is 14.7. The molecule has 0 saturated heterocycles. The average molecular weight is 357 g/mol. The molecule has 0 radical (unpaired) electrons. The molecule has 2 aromatic rings. The second kappa shape index (κ2) is 7.04. The number of carbonyl (C=O) groups is 2. The Morgan fingerprint density at radius 1 is 1.20 bits per heavy atom. The van der Waals surface area contributed by atoms with Crippen molar-refractivity contribution in [1.29, 1.82) is 0 Å². The largest absolute Gasteiger partial charge is 0.305 e. The highest BCUT2D eigenvalue weighted by Crippen LogP contribution is 2.34. The van der Waals surface area contributed by atoms with Crippen LogP contribution in [0.3, 0.4) is 0 Å². The summed E-state index contributed by atoms with van der Waals surface area (Å²) >= 11 is 5.42. The first kappa shape index (κ1) is 17.1. The highest BCUT2D eigenvalue weighted by atomic mass is 35.5. The van der Waals surface area contributed by atoms with E-state index in [4.69, 9.17) is 18.2 Å². The number of hydrogen-bond donors (Lipinski definition) is 0. The van der Waals surface area contributed by atoms with Crippen molar-refractivity contribution in [2.75, 3.05) is 11.4 Å². The van der Waals surface area contributed by atoms with Crippen molar-refractivity contribution in [3.8, 4) is 0 Å². The lowest BCUT2D eigenvalue weighted by Gasteiger charge is -2.24. The molecule has 1 amide bonds. The van der Waals surface area contributed by atoms with E-state index in [1.54, 1.807) is 24.3 Å². The Bertz CT molecular complexity index is 870. The number of hydrogen-bond acceptors (Lipinski definition) is 2. The Kier molecular flexibility index (Phi) is 4.82. The second-order valence-electron chi connectivity index (χ2n) is 5.93. The van der Waals surface area contributed by atoms with Gasteiger partial charge in [0.25, 0.3) is 11.1 Å². The Balaban J connectivity index is 1.99. The first-order valence-corrected chi connectivity index (χ1v) is 8.16. The maximum Gasteiger partial charge on any atom is 0.258 e. The van der Waals surface area contributed by atoms with Crippen LogP contribution in [-0.4, -0.2) is 17.7 Å². The first-order chi connectivity index (χ1) is 12.0. The van der Waals surface area contributed by atoms with E-state index in [-0.39, 0.29) is 17.2 Å². The van der Waals surface area contributed by atoms with Gasteiger partial charge >= 0.3 is 0 Å². The molecular weight excluding hydrogens is 343 g/mol. The zero-order chi connectivity index (χ0) is 18.0. The van der Waals surface area contributed by atoms with Crippen LogP contribution >= 0.6 is 11.6 Å². The third-order valence-corrected chi connectivity index (χ3v) is 4.31. The molecule has 25 heavy (non-hydrogen) atoms. The van der Waals surface area contributed by atoms with Crippen molar-refractivity contribution in [3.63, 3.8) is 0 Å². The van der Waals surface area contributed by atoms with E-state index in [1.807, 2.05) is 0 Å². The monoisotopic (exact) mass is 356 g/mol. The molecule has 0 bridgehead atoms. The van der Waals surface area contributed by atoms with Crippen LogP contribution in [0, 0.1) is 18.3 Å². The summed E-state index contributed by atoms with van der Waals surface area (Å²) < 4.78 is 14.7. The van der Waals surface area contributed by atoms with Gasteiger partial charge in [-0.25, -0.2) is 9.24 Å². The van der Waals surface area contributed by atoms with E-state index in [0.29, 0.717) is 23.7 Å². The minimum Gasteiger partial charge on any atom is -0.305 e. The van der Waals surface area contributed by atoms with Crippen LogP contribution in [-0.2, 0) is 0 Å². The fourth-order valence-electron chi connectivity index (χ4n) is 2.56. The molecule has 1 fully saturated rings. The first-order valence-electron chi connectivity index (χ1n) is 7.79. The SMILES string of the molecule is [C-]#[N+]c1ccc(C(=O)N(CC2CC2)c2cccc(C(=O)Cl)c2F)cc1. The average Bonchev–Trinajstić information content (AvgIpc) is 3.43. The van der Waals surface area contributed by atoms with Crippen LogP contribution in [0.1, 0.15) is 33.6 Å². The number of nitrogens with zero attached hydrogens (tertiary/aromatic N) is 2. The van der Waals surface area contributed by atoms with Gasteiger partial charge in [-0.1, -0.05) is 30.3 Å². The molecule has 0 unspecified atom stereocenters. The molecule has 2 aromatic carbocycles. The predicted molar refractivity (Wildman–Crippen MR) is 93.7 cm³/mol. The fraction of sp³-hybridized carbons (Fsp3) is 0.211. The van der Waals surface area contributed by atoms with Crippen LogP contribution in [0.5, 0.6) is 0 Å². The molecule has 3 rings (SSSR count). The molecule has 0 aromatic heterocycles. The molecule has 1 saturated carbocycles. The molecule has 6 heteroatoms. The Morgan fingerprint density at radius 2 is 1.88 bits per heavy atom. The smallest absolute Gasteiger partial charge is 0.258 e. The van der Waals surface area contributed by atoms with Crippen molar-refractivity contribution < 1.29 is 14.0 Å². The van der Waals surface area contributed by atoms with Gasteiger partial charge in [0.05, 0.1) is 17.8 Å². The molecule has 0 N–H and O–H groups in total. The van der Waals surface area contributed by atoms with Gasteiger partial charge < -0.3 is 4.90 Å². The summed E-state index contributed by atoms with van der Waals surface area (Å²) in [6, 6.07) is 10.4. The number of anilines is 1. The van der Waals surface area contributed by atoms with Gasteiger partial charge in [-0.05, 0) is 42.5 Å². The normalized spacial score (nSPS) is 13.2. The minimum absolute atomic E-state index is 0.0395. The van der Waals surface area contributed by atoms with Crippen molar-refractivity contribution in [2.45, 2.75) is 12.8 Å². The van der Waals surface area contributed by atoms with E-state index < -0.39 is 11.1 Å². The molecule has 0 atom stereocenters. The number of halogens is 2. The summed E-state index contributed by atoms with van der Waals surface area (Å²) in [5.41, 5.74) is 0.565. The fourth-order valence-corrected chi connectivity index (χ4v) is 2.71. The lowest BCUT2D eigenvalue weighted by Crippen LogP contribution is -2.34. The molecule has 0 spiro atoms. The Labute approximate surface area is 149 Å². The van der Waals surface area contributed by atoms with Crippen molar-refractivity contribution in [1.82, 2.24) is 0 Å². The predicted octanol–water partition coefficient (Wildman–Crippen LogP) is 4.81. The summed E-state index contributed by atoms with van der Waals surface area (Å²) in [5, 5.41) is -0.903. The number of carbonyl (C=O) groups excluding carboxylic acids is 2. The van der Waals surface area contributed by atoms with Gasteiger partial charge in [0, 0.05) is 12.1 Å². The van der Waals surface area contributed by atoms with E-state index in [1.165, 1.54) is 23.1 Å². The van der Waals surface area contributed by atoms with Crippen LogP contribution in [0.4, 0.5) is 15.8 Å². The van der Waals surface area contributed by atoms with Gasteiger partial charge in [0.15, 0.2) is 11.5 Å². The minimum atomic E-state index is -0.903. The standard InChI is InChI=1S/C19H14ClFN2O2/c1-22-14-9-7-13(8-10-14)19(25)23(11-12-5-6-12)16-4-2-3-15(17(16)21)18(20)24/h2-4,7-10,12H,5-6,11H2. The number of benzene rings is 2. The quantitative estimate of drug-likeness (QED) is 0.569. The number of amides is 1. The second-order valence-corrected chi connectivity index (χ2v) is 6.27. The van der Waals surface area contributed by atoms with Crippen molar-refractivity contribution in [3.05, 3.63) is 70.8 Å². The van der Waals surface area contributed by atoms with Crippen molar-refractivity contribution >= 4 is 34.1 Å². The van der Waals surface area contributed by atoms with Crippen LogP contribution in [0.25, 0.3) is 4.85 Å². The molecular formula is C19H14ClFN2O2. The third-order valence-electron chi connectivity index (χ3n) is 4.11. The van der Waals surface area contributed by atoms with Crippen LogP contribution < -0.4 is 4.90 Å². The van der Waals surface area contributed by atoms with Crippen LogP contribution in [0.2, 0.25) is 0 Å². The summed E-state index contributed by atoms with van der Waals surface area (Å²) in [6.07, 6.45) is 1.96. The van der Waals surface area contributed by atoms with Gasteiger partial charge in [-0.2, -0.15) is 0 Å². The highest BCUT2D eigenvalue weighted by molar-refractivity contribution is 6.67. The summed E-state index contributed by atoms with van der Waals surface area (Å²) in [7, 11) is 0. The topological polar surface area (TPSA) is 41.7 Å². The molecule has 1 aliphatic carbocycles. The molecule has 4 nitrogen and oxygen atoms in total. The lowest BCUT2D eigenvalue weighted by atomic mass is 10.1. The highest BCUT2D eigenvalue weighted by Gasteiger charge is 2.30. The molecule has 0 aliphatic heterocycles. The van der Waals surface area contributed by atoms with Crippen LogP contribution in [0.15, 0.2) is 42.5 Å². The molecule has 0 heterocycles. The third kappa shape index (κ3) is 3.70. The van der Waals surface area contributed by atoms with Gasteiger partial charge in [-0.3, -0.25) is 9.59 Å². The lowest BCUT2D eigenvalue weighted by molar-refractivity contribution is 0.0983. The summed E-state index contributed by atoms with van der Waals surface area (Å²) in [6.45, 7) is 7.34. The molecule has 1 aliphatic rings. The summed E-state index contributed by atoms with van der Waals surface area (Å²) in [5.74, 6) is -0.850. The van der Waals surface area contributed by atoms with E-state index in [0.717, 1.165) is 12.8 Å². The molecule has 126 valence electrons. The zero-order valence-electron chi connectivity index (χ0n) is 13.2. The van der Waals surface area contributed by atoms with Crippen molar-refractivity contribution in [2.24, 2.45) is 5.92 Å².